The first-order valence-electron chi connectivity index (χ1n) is 10.1. The van der Waals surface area contributed by atoms with E-state index in [1.807, 2.05) is 6.07 Å². The molecule has 1 rings (SSSR count). The van der Waals surface area contributed by atoms with Crippen LogP contribution in [-0.4, -0.2) is 19.1 Å². The summed E-state index contributed by atoms with van der Waals surface area (Å²) < 4.78 is 6.12. The molecule has 0 fully saturated rings. The zero-order chi connectivity index (χ0) is 20.5. The van der Waals surface area contributed by atoms with Crippen molar-refractivity contribution in [2.45, 2.75) is 84.5 Å². The molecule has 0 radical (unpaired) electrons. The summed E-state index contributed by atoms with van der Waals surface area (Å²) in [6, 6.07) is 8.48. The van der Waals surface area contributed by atoms with Gasteiger partial charge in [-0.05, 0) is 48.1 Å². The van der Waals surface area contributed by atoms with Gasteiger partial charge in [0, 0.05) is 12.1 Å². The summed E-state index contributed by atoms with van der Waals surface area (Å²) in [4.78, 5) is 11.3. The van der Waals surface area contributed by atoms with E-state index in [0.29, 0.717) is 13.2 Å². The Bertz CT molecular complexity index is 657. The zero-order valence-corrected chi connectivity index (χ0v) is 17.9. The molecule has 1 N–H and O–H groups in total. The Labute approximate surface area is 165 Å². The van der Waals surface area contributed by atoms with Crippen LogP contribution in [0.1, 0.15) is 84.8 Å². The third kappa shape index (κ3) is 6.90. The van der Waals surface area contributed by atoms with E-state index in [1.165, 1.54) is 11.1 Å². The molecule has 4 nitrogen and oxygen atoms in total. The predicted octanol–water partition coefficient (Wildman–Crippen LogP) is 5.25. The first kappa shape index (κ1) is 23.0. The van der Waals surface area contributed by atoms with Crippen LogP contribution >= 0.6 is 0 Å². The molecule has 1 aromatic rings. The molecular formula is C23H36N2O2. The van der Waals surface area contributed by atoms with Gasteiger partial charge in [0.2, 0.25) is 5.91 Å². The maximum atomic E-state index is 11.3. The first-order chi connectivity index (χ1) is 12.7. The van der Waals surface area contributed by atoms with E-state index in [-0.39, 0.29) is 23.2 Å². The van der Waals surface area contributed by atoms with Gasteiger partial charge in [0.25, 0.3) is 0 Å². The largest absolute Gasteiger partial charge is 0.493 e. The Morgan fingerprint density at radius 2 is 1.78 bits per heavy atom. The van der Waals surface area contributed by atoms with Crippen LogP contribution in [0.5, 0.6) is 5.75 Å². The number of hydrogen-bond acceptors (Lipinski definition) is 3. The van der Waals surface area contributed by atoms with Gasteiger partial charge in [0.05, 0.1) is 12.7 Å². The maximum Gasteiger partial charge on any atom is 0.234 e. The summed E-state index contributed by atoms with van der Waals surface area (Å²) >= 11 is 0. The summed E-state index contributed by atoms with van der Waals surface area (Å²) in [6.07, 6.45) is 3.76. The number of benzene rings is 1. The van der Waals surface area contributed by atoms with Gasteiger partial charge >= 0.3 is 0 Å². The minimum atomic E-state index is -0.209. The lowest BCUT2D eigenvalue weighted by molar-refractivity contribution is -0.120. The molecule has 0 heterocycles. The van der Waals surface area contributed by atoms with Crippen LogP contribution in [0, 0.1) is 11.3 Å². The molecule has 0 spiro atoms. The van der Waals surface area contributed by atoms with Gasteiger partial charge in [-0.15, -0.1) is 0 Å². The SMILES string of the molecule is CCC(C)(C)c1ccc(OCCCCNC(=O)CC#N)c(C(C)(C)CC)c1. The topological polar surface area (TPSA) is 62.1 Å². The van der Waals surface area contributed by atoms with Crippen molar-refractivity contribution in [1.82, 2.24) is 5.32 Å². The fourth-order valence-electron chi connectivity index (χ4n) is 2.77. The molecule has 0 aliphatic heterocycles. The van der Waals surface area contributed by atoms with Crippen LogP contribution in [0.3, 0.4) is 0 Å². The molecule has 1 aromatic carbocycles. The number of nitrogens with zero attached hydrogens (tertiary/aromatic N) is 1. The quantitative estimate of drug-likeness (QED) is 0.540. The zero-order valence-electron chi connectivity index (χ0n) is 17.9. The van der Waals surface area contributed by atoms with E-state index in [0.717, 1.165) is 31.4 Å². The molecule has 0 unspecified atom stereocenters. The molecule has 0 saturated carbocycles. The Kier molecular flexibility index (Phi) is 8.82. The monoisotopic (exact) mass is 372 g/mol. The second-order valence-electron chi connectivity index (χ2n) is 8.43. The van der Waals surface area contributed by atoms with Gasteiger partial charge in [-0.2, -0.15) is 5.26 Å². The number of nitriles is 1. The fourth-order valence-corrected chi connectivity index (χ4v) is 2.77. The van der Waals surface area contributed by atoms with Crippen LogP contribution in [-0.2, 0) is 15.6 Å². The van der Waals surface area contributed by atoms with Crippen molar-refractivity contribution in [3.8, 4) is 11.8 Å². The lowest BCUT2D eigenvalue weighted by Crippen LogP contribution is -2.24. The average molecular weight is 373 g/mol. The van der Waals surface area contributed by atoms with Crippen LogP contribution < -0.4 is 10.1 Å². The van der Waals surface area contributed by atoms with Crippen LogP contribution in [0.25, 0.3) is 0 Å². The maximum absolute atomic E-state index is 11.3. The third-order valence-electron chi connectivity index (χ3n) is 5.65. The van der Waals surface area contributed by atoms with Gasteiger partial charge in [-0.3, -0.25) is 4.79 Å². The highest BCUT2D eigenvalue weighted by Crippen LogP contribution is 2.38. The van der Waals surface area contributed by atoms with Crippen molar-refractivity contribution in [3.05, 3.63) is 29.3 Å². The highest BCUT2D eigenvalue weighted by molar-refractivity contribution is 5.77. The van der Waals surface area contributed by atoms with Gasteiger partial charge in [0.15, 0.2) is 0 Å². The average Bonchev–Trinajstić information content (AvgIpc) is 2.64. The van der Waals surface area contributed by atoms with Crippen molar-refractivity contribution in [1.29, 1.82) is 5.26 Å². The number of unbranched alkanes of at least 4 members (excludes halogenated alkanes) is 1. The molecule has 4 heteroatoms. The molecule has 0 aromatic heterocycles. The minimum Gasteiger partial charge on any atom is -0.493 e. The second-order valence-corrected chi connectivity index (χ2v) is 8.43. The van der Waals surface area contributed by atoms with E-state index in [9.17, 15) is 4.79 Å². The molecule has 150 valence electrons. The van der Waals surface area contributed by atoms with Gasteiger partial charge in [-0.25, -0.2) is 0 Å². The van der Waals surface area contributed by atoms with Crippen LogP contribution in [0.2, 0.25) is 0 Å². The summed E-state index contributed by atoms with van der Waals surface area (Å²) in [6.45, 7) is 14.7. The first-order valence-corrected chi connectivity index (χ1v) is 10.1. The molecule has 1 amide bonds. The minimum absolute atomic E-state index is 0.0560. The number of carbonyl (C=O) groups is 1. The van der Waals surface area contributed by atoms with Crippen molar-refractivity contribution >= 4 is 5.91 Å². The van der Waals surface area contributed by atoms with Crippen molar-refractivity contribution in [3.63, 3.8) is 0 Å². The fraction of sp³-hybridized carbons (Fsp3) is 0.652. The lowest BCUT2D eigenvalue weighted by Gasteiger charge is -2.30. The number of rotatable bonds is 11. The second kappa shape index (κ2) is 10.3. The van der Waals surface area contributed by atoms with E-state index >= 15 is 0 Å². The molecule has 27 heavy (non-hydrogen) atoms. The molecule has 0 atom stereocenters. The van der Waals surface area contributed by atoms with Gasteiger partial charge in [-0.1, -0.05) is 53.7 Å². The molecule has 0 bridgehead atoms. The summed E-state index contributed by atoms with van der Waals surface area (Å²) in [5.41, 5.74) is 2.83. The van der Waals surface area contributed by atoms with Gasteiger partial charge in [0.1, 0.15) is 12.2 Å². The van der Waals surface area contributed by atoms with Crippen LogP contribution in [0.4, 0.5) is 0 Å². The number of amides is 1. The van der Waals surface area contributed by atoms with Crippen LogP contribution in [0.15, 0.2) is 18.2 Å². The van der Waals surface area contributed by atoms with Crippen molar-refractivity contribution in [2.24, 2.45) is 0 Å². The van der Waals surface area contributed by atoms with Gasteiger partial charge < -0.3 is 10.1 Å². The Morgan fingerprint density at radius 1 is 1.11 bits per heavy atom. The molecule has 0 aliphatic rings. The number of carbonyl (C=O) groups excluding carboxylic acids is 1. The normalized spacial score (nSPS) is 11.7. The molecular weight excluding hydrogens is 336 g/mol. The summed E-state index contributed by atoms with van der Waals surface area (Å²) in [5, 5.41) is 11.2. The van der Waals surface area contributed by atoms with E-state index in [4.69, 9.17) is 10.00 Å². The number of ether oxygens (including phenoxy) is 1. The molecule has 0 aliphatic carbocycles. The third-order valence-corrected chi connectivity index (χ3v) is 5.65. The number of nitrogens with one attached hydrogen (secondary N) is 1. The predicted molar refractivity (Wildman–Crippen MR) is 111 cm³/mol. The highest BCUT2D eigenvalue weighted by Gasteiger charge is 2.26. The smallest absolute Gasteiger partial charge is 0.234 e. The Hall–Kier alpha value is -2.02. The van der Waals surface area contributed by atoms with E-state index in [2.05, 4.69) is 65.1 Å². The standard InChI is InChI=1S/C23H36N2O2/c1-7-22(3,4)18-11-12-20(19(17-18)23(5,6)8-2)27-16-10-9-15-25-21(26)13-14-24/h11-12,17H,7-10,13,15-16H2,1-6H3,(H,25,26). The summed E-state index contributed by atoms with van der Waals surface area (Å²) in [5.74, 6) is 0.755. The summed E-state index contributed by atoms with van der Waals surface area (Å²) in [7, 11) is 0. The van der Waals surface area contributed by atoms with Crippen molar-refractivity contribution < 1.29 is 9.53 Å². The van der Waals surface area contributed by atoms with E-state index in [1.54, 1.807) is 0 Å². The number of hydrogen-bond donors (Lipinski definition) is 1. The molecule has 0 saturated heterocycles. The highest BCUT2D eigenvalue weighted by atomic mass is 16.5. The Morgan fingerprint density at radius 3 is 2.37 bits per heavy atom. The van der Waals surface area contributed by atoms with Crippen molar-refractivity contribution in [2.75, 3.05) is 13.2 Å². The lowest BCUT2D eigenvalue weighted by atomic mass is 9.76. The van der Waals surface area contributed by atoms with E-state index < -0.39 is 0 Å². The Balaban J connectivity index is 2.74.